The Balaban J connectivity index is 1.73. The van der Waals surface area contributed by atoms with E-state index in [1.807, 2.05) is 60.7 Å². The second-order valence-electron chi connectivity index (χ2n) is 6.54. The van der Waals surface area contributed by atoms with Crippen molar-refractivity contribution in [1.82, 2.24) is 4.90 Å². The first-order chi connectivity index (χ1) is 12.4. The van der Waals surface area contributed by atoms with Crippen molar-refractivity contribution in [3.63, 3.8) is 0 Å². The van der Waals surface area contributed by atoms with E-state index < -0.39 is 20.6 Å². The standard InChI is InChI=1S/C19H20ClNO4S/c20-26(23,24)15-19(17-9-5-2-6-10-17)11-12-21(14-19)18(22)25-13-16-7-3-1-4-8-16/h1-10H,11-15H2. The van der Waals surface area contributed by atoms with Crippen LogP contribution in [-0.4, -0.2) is 38.3 Å². The molecule has 1 saturated heterocycles. The first-order valence-electron chi connectivity index (χ1n) is 8.31. The van der Waals surface area contributed by atoms with Crippen molar-refractivity contribution in [3.05, 3.63) is 71.8 Å². The van der Waals surface area contributed by atoms with Crippen molar-refractivity contribution in [2.45, 2.75) is 18.4 Å². The number of carbonyl (C=O) groups is 1. The summed E-state index contributed by atoms with van der Waals surface area (Å²) >= 11 is 0. The highest BCUT2D eigenvalue weighted by Gasteiger charge is 2.44. The van der Waals surface area contributed by atoms with Gasteiger partial charge in [0.05, 0.1) is 5.75 Å². The number of nitrogens with zero attached hydrogens (tertiary/aromatic N) is 1. The second-order valence-corrected chi connectivity index (χ2v) is 9.32. The van der Waals surface area contributed by atoms with Gasteiger partial charge in [0.2, 0.25) is 9.05 Å². The number of carbonyl (C=O) groups excluding carboxylic acids is 1. The summed E-state index contributed by atoms with van der Waals surface area (Å²) in [6.45, 7) is 0.869. The van der Waals surface area contributed by atoms with Gasteiger partial charge in [0.1, 0.15) is 6.61 Å². The molecule has 0 bridgehead atoms. The fourth-order valence-corrected chi connectivity index (χ4v) is 5.09. The second kappa shape index (κ2) is 7.68. The van der Waals surface area contributed by atoms with Gasteiger partial charge in [-0.25, -0.2) is 13.2 Å². The highest BCUT2D eigenvalue weighted by molar-refractivity contribution is 8.13. The third-order valence-corrected chi connectivity index (χ3v) is 5.88. The summed E-state index contributed by atoms with van der Waals surface area (Å²) in [6.07, 6.45) is 0.0715. The van der Waals surface area contributed by atoms with Gasteiger partial charge in [0.25, 0.3) is 0 Å². The molecule has 26 heavy (non-hydrogen) atoms. The van der Waals surface area contributed by atoms with E-state index in [1.54, 1.807) is 4.90 Å². The minimum atomic E-state index is -3.73. The Labute approximate surface area is 158 Å². The molecule has 2 aromatic carbocycles. The minimum absolute atomic E-state index is 0.183. The van der Waals surface area contributed by atoms with Crippen LogP contribution < -0.4 is 0 Å². The van der Waals surface area contributed by atoms with E-state index in [1.165, 1.54) is 0 Å². The predicted octanol–water partition coefficient (Wildman–Crippen LogP) is 3.54. The zero-order valence-electron chi connectivity index (χ0n) is 14.2. The Morgan fingerprint density at radius 2 is 1.69 bits per heavy atom. The molecule has 0 spiro atoms. The number of likely N-dealkylation sites (tertiary alicyclic amines) is 1. The van der Waals surface area contributed by atoms with Gasteiger partial charge >= 0.3 is 6.09 Å². The summed E-state index contributed by atoms with van der Waals surface area (Å²) in [5, 5.41) is 0. The molecular formula is C19H20ClNO4S. The van der Waals surface area contributed by atoms with Crippen molar-refractivity contribution in [2.24, 2.45) is 0 Å². The zero-order chi connectivity index (χ0) is 18.6. The van der Waals surface area contributed by atoms with Crippen LogP contribution >= 0.6 is 10.7 Å². The fraction of sp³-hybridized carbons (Fsp3) is 0.316. The molecule has 1 aliphatic heterocycles. The maximum absolute atomic E-state index is 12.4. The molecule has 1 aliphatic rings. The summed E-state index contributed by atoms with van der Waals surface area (Å²) in [5.41, 5.74) is 1.05. The quantitative estimate of drug-likeness (QED) is 0.729. The normalized spacial score (nSPS) is 20.1. The van der Waals surface area contributed by atoms with E-state index in [9.17, 15) is 13.2 Å². The average Bonchev–Trinajstić information content (AvgIpc) is 3.05. The third-order valence-electron chi connectivity index (χ3n) is 4.65. The van der Waals surface area contributed by atoms with Gasteiger partial charge in [-0.05, 0) is 17.5 Å². The maximum atomic E-state index is 12.4. The molecule has 0 aromatic heterocycles. The van der Waals surface area contributed by atoms with E-state index in [4.69, 9.17) is 15.4 Å². The summed E-state index contributed by atoms with van der Waals surface area (Å²) in [6, 6.07) is 18.7. The molecule has 1 amide bonds. The van der Waals surface area contributed by atoms with Crippen LogP contribution in [0.5, 0.6) is 0 Å². The molecule has 1 atom stereocenters. The molecular weight excluding hydrogens is 374 g/mol. The average molecular weight is 394 g/mol. The number of hydrogen-bond acceptors (Lipinski definition) is 4. The van der Waals surface area contributed by atoms with Crippen LogP contribution in [0.25, 0.3) is 0 Å². The van der Waals surface area contributed by atoms with Crippen LogP contribution in [0.2, 0.25) is 0 Å². The van der Waals surface area contributed by atoms with E-state index in [2.05, 4.69) is 0 Å². The largest absolute Gasteiger partial charge is 0.445 e. The molecule has 1 fully saturated rings. The number of ether oxygens (including phenoxy) is 1. The SMILES string of the molecule is O=C(OCc1ccccc1)N1CCC(CS(=O)(=O)Cl)(c2ccccc2)C1. The van der Waals surface area contributed by atoms with Gasteiger partial charge in [-0.2, -0.15) is 0 Å². The van der Waals surface area contributed by atoms with Crippen LogP contribution in [0.4, 0.5) is 4.79 Å². The monoisotopic (exact) mass is 393 g/mol. The van der Waals surface area contributed by atoms with Gasteiger partial charge in [-0.1, -0.05) is 60.7 Å². The minimum Gasteiger partial charge on any atom is -0.445 e. The highest BCUT2D eigenvalue weighted by atomic mass is 35.7. The summed E-state index contributed by atoms with van der Waals surface area (Å²) in [4.78, 5) is 14.0. The number of amides is 1. The van der Waals surface area contributed by atoms with Gasteiger partial charge < -0.3 is 9.64 Å². The van der Waals surface area contributed by atoms with Gasteiger partial charge in [0.15, 0.2) is 0 Å². The van der Waals surface area contributed by atoms with Crippen molar-refractivity contribution in [3.8, 4) is 0 Å². The first-order valence-corrected chi connectivity index (χ1v) is 10.8. The van der Waals surface area contributed by atoms with E-state index >= 15 is 0 Å². The number of benzene rings is 2. The Hall–Kier alpha value is -2.05. The molecule has 0 N–H and O–H groups in total. The molecule has 3 rings (SSSR count). The van der Waals surface area contributed by atoms with E-state index in [0.29, 0.717) is 13.0 Å². The number of hydrogen-bond donors (Lipinski definition) is 0. The molecule has 0 radical (unpaired) electrons. The lowest BCUT2D eigenvalue weighted by Gasteiger charge is -2.28. The molecule has 2 aromatic rings. The van der Waals surface area contributed by atoms with Crippen molar-refractivity contribution < 1.29 is 17.9 Å². The van der Waals surface area contributed by atoms with Crippen molar-refractivity contribution in [1.29, 1.82) is 0 Å². The van der Waals surface area contributed by atoms with E-state index in [0.717, 1.165) is 11.1 Å². The summed E-state index contributed by atoms with van der Waals surface area (Å²) < 4.78 is 28.9. The van der Waals surface area contributed by atoms with Gasteiger partial charge in [0, 0.05) is 29.2 Å². The summed E-state index contributed by atoms with van der Waals surface area (Å²) in [5.74, 6) is -0.214. The Morgan fingerprint density at radius 3 is 2.31 bits per heavy atom. The number of rotatable bonds is 5. The topological polar surface area (TPSA) is 63.7 Å². The Morgan fingerprint density at radius 1 is 1.08 bits per heavy atom. The molecule has 0 aliphatic carbocycles. The fourth-order valence-electron chi connectivity index (χ4n) is 3.40. The highest BCUT2D eigenvalue weighted by Crippen LogP contribution is 2.37. The lowest BCUT2D eigenvalue weighted by molar-refractivity contribution is 0.102. The zero-order valence-corrected chi connectivity index (χ0v) is 15.7. The maximum Gasteiger partial charge on any atom is 0.410 e. The molecule has 1 unspecified atom stereocenters. The van der Waals surface area contributed by atoms with Crippen molar-refractivity contribution in [2.75, 3.05) is 18.8 Å². The third kappa shape index (κ3) is 4.56. The smallest absolute Gasteiger partial charge is 0.410 e. The van der Waals surface area contributed by atoms with Crippen LogP contribution in [0, 0.1) is 0 Å². The van der Waals surface area contributed by atoms with Crippen LogP contribution in [0.3, 0.4) is 0 Å². The summed E-state index contributed by atoms with van der Waals surface area (Å²) in [7, 11) is 1.83. The van der Waals surface area contributed by atoms with Gasteiger partial charge in [-0.15, -0.1) is 0 Å². The Kier molecular flexibility index (Phi) is 5.53. The molecule has 1 heterocycles. The van der Waals surface area contributed by atoms with E-state index in [-0.39, 0.29) is 18.9 Å². The Bertz CT molecular complexity index is 858. The lowest BCUT2D eigenvalue weighted by atomic mass is 9.81. The number of halogens is 1. The molecule has 7 heteroatoms. The van der Waals surface area contributed by atoms with Gasteiger partial charge in [-0.3, -0.25) is 0 Å². The van der Waals surface area contributed by atoms with Crippen LogP contribution in [0.15, 0.2) is 60.7 Å². The lowest BCUT2D eigenvalue weighted by Crippen LogP contribution is -2.38. The van der Waals surface area contributed by atoms with Crippen LogP contribution in [0.1, 0.15) is 17.5 Å². The molecule has 0 saturated carbocycles. The molecule has 138 valence electrons. The van der Waals surface area contributed by atoms with Crippen molar-refractivity contribution >= 4 is 25.8 Å². The first kappa shape index (κ1) is 18.7. The van der Waals surface area contributed by atoms with Crippen LogP contribution in [-0.2, 0) is 25.8 Å². The predicted molar refractivity (Wildman–Crippen MR) is 101 cm³/mol. The molecule has 5 nitrogen and oxygen atoms in total.